The van der Waals surface area contributed by atoms with E-state index >= 15 is 0 Å². The smallest absolute Gasteiger partial charge is 0.145 e. The third kappa shape index (κ3) is 1.81. The fourth-order valence-electron chi connectivity index (χ4n) is 1.78. The van der Waals surface area contributed by atoms with Crippen LogP contribution in [0.25, 0.3) is 10.9 Å². The molecule has 0 aliphatic carbocycles. The average Bonchev–Trinajstić information content (AvgIpc) is 2.30. The van der Waals surface area contributed by atoms with Crippen LogP contribution in [0.5, 0.6) is 5.75 Å². The molecule has 2 aromatic rings. The highest BCUT2D eigenvalue weighted by molar-refractivity contribution is 5.88. The van der Waals surface area contributed by atoms with Crippen LogP contribution in [0.15, 0.2) is 24.3 Å². The Morgan fingerprint density at radius 3 is 2.75 bits per heavy atom. The zero-order valence-corrected chi connectivity index (χ0v) is 9.87. The molecule has 0 unspecified atom stereocenters. The number of aryl methyl sites for hydroxylation is 1. The molecule has 0 aliphatic rings. The summed E-state index contributed by atoms with van der Waals surface area (Å²) >= 11 is 0. The molecule has 0 amide bonds. The molecular formula is C13H16N2O. The number of pyridine rings is 1. The van der Waals surface area contributed by atoms with Crippen molar-refractivity contribution in [3.8, 4) is 5.75 Å². The summed E-state index contributed by atoms with van der Waals surface area (Å²) in [5.41, 5.74) is 2.13. The number of benzene rings is 1. The van der Waals surface area contributed by atoms with Gasteiger partial charge in [0.15, 0.2) is 0 Å². The molecule has 3 nitrogen and oxygen atoms in total. The fraction of sp³-hybridized carbons (Fsp3) is 0.308. The van der Waals surface area contributed by atoms with E-state index in [1.807, 2.05) is 12.1 Å². The summed E-state index contributed by atoms with van der Waals surface area (Å²) in [4.78, 5) is 4.56. The van der Waals surface area contributed by atoms with Crippen molar-refractivity contribution in [2.75, 3.05) is 19.0 Å². The summed E-state index contributed by atoms with van der Waals surface area (Å²) < 4.78 is 5.33. The second-order valence-electron chi connectivity index (χ2n) is 3.71. The van der Waals surface area contributed by atoms with E-state index in [0.29, 0.717) is 0 Å². The molecule has 0 atom stereocenters. The number of ether oxygens (including phenoxy) is 1. The Hall–Kier alpha value is -1.77. The molecule has 0 saturated carbocycles. The lowest BCUT2D eigenvalue weighted by Crippen LogP contribution is -1.99. The summed E-state index contributed by atoms with van der Waals surface area (Å²) in [5, 5.41) is 4.34. The van der Waals surface area contributed by atoms with Crippen LogP contribution in [0.3, 0.4) is 0 Å². The van der Waals surface area contributed by atoms with Gasteiger partial charge in [-0.15, -0.1) is 0 Å². The van der Waals surface area contributed by atoms with Crippen molar-refractivity contribution in [2.24, 2.45) is 0 Å². The topological polar surface area (TPSA) is 34.1 Å². The number of rotatable bonds is 3. The van der Waals surface area contributed by atoms with Gasteiger partial charge in [-0.25, -0.2) is 4.98 Å². The average molecular weight is 216 g/mol. The van der Waals surface area contributed by atoms with Crippen molar-refractivity contribution in [1.29, 1.82) is 0 Å². The molecule has 0 spiro atoms. The van der Waals surface area contributed by atoms with Crippen LogP contribution >= 0.6 is 0 Å². The second-order valence-corrected chi connectivity index (χ2v) is 3.71. The minimum absolute atomic E-state index is 0.820. The summed E-state index contributed by atoms with van der Waals surface area (Å²) in [6.45, 7) is 5.00. The fourth-order valence-corrected chi connectivity index (χ4v) is 1.78. The van der Waals surface area contributed by atoms with Crippen molar-refractivity contribution in [3.63, 3.8) is 0 Å². The summed E-state index contributed by atoms with van der Waals surface area (Å²) in [5.74, 6) is 1.71. The highest BCUT2D eigenvalue weighted by atomic mass is 16.5. The molecule has 84 valence electrons. The Labute approximate surface area is 95.5 Å². The molecule has 16 heavy (non-hydrogen) atoms. The van der Waals surface area contributed by atoms with Gasteiger partial charge in [-0.3, -0.25) is 0 Å². The maximum Gasteiger partial charge on any atom is 0.145 e. The van der Waals surface area contributed by atoms with Crippen LogP contribution in [0.2, 0.25) is 0 Å². The molecule has 0 aliphatic heterocycles. The zero-order valence-electron chi connectivity index (χ0n) is 9.87. The summed E-state index contributed by atoms with van der Waals surface area (Å²) in [6, 6.07) is 8.09. The molecule has 0 fully saturated rings. The van der Waals surface area contributed by atoms with Gasteiger partial charge in [0.1, 0.15) is 17.1 Å². The predicted molar refractivity (Wildman–Crippen MR) is 67.2 cm³/mol. The molecule has 3 heteroatoms. The normalized spacial score (nSPS) is 10.4. The van der Waals surface area contributed by atoms with E-state index in [0.717, 1.165) is 29.0 Å². The Balaban J connectivity index is 2.64. The number of fused-ring (bicyclic) bond motifs is 1. The Morgan fingerprint density at radius 2 is 2.06 bits per heavy atom. The number of aromatic nitrogens is 1. The van der Waals surface area contributed by atoms with Gasteiger partial charge >= 0.3 is 0 Å². The van der Waals surface area contributed by atoms with Gasteiger partial charge in [-0.2, -0.15) is 0 Å². The Bertz CT molecular complexity index is 509. The minimum atomic E-state index is 0.820. The van der Waals surface area contributed by atoms with Gasteiger partial charge in [0.2, 0.25) is 0 Å². The standard InChI is InChI=1S/C13H16N2O/c1-4-14-12-8-6-10-9(2)5-7-11(16-3)13(10)15-12/h5-8H,4H2,1-3H3,(H,14,15). The van der Waals surface area contributed by atoms with Crippen LogP contribution in [0.4, 0.5) is 5.82 Å². The maximum atomic E-state index is 5.33. The molecule has 0 radical (unpaired) electrons. The van der Waals surface area contributed by atoms with Crippen LogP contribution in [-0.2, 0) is 0 Å². The van der Waals surface area contributed by atoms with E-state index in [9.17, 15) is 0 Å². The lowest BCUT2D eigenvalue weighted by molar-refractivity contribution is 0.419. The highest BCUT2D eigenvalue weighted by Gasteiger charge is 2.06. The lowest BCUT2D eigenvalue weighted by Gasteiger charge is -2.09. The van der Waals surface area contributed by atoms with Crippen molar-refractivity contribution in [1.82, 2.24) is 4.98 Å². The third-order valence-electron chi connectivity index (χ3n) is 2.62. The number of methoxy groups -OCH3 is 1. The first kappa shape index (κ1) is 10.7. The third-order valence-corrected chi connectivity index (χ3v) is 2.62. The molecule has 2 rings (SSSR count). The van der Waals surface area contributed by atoms with Crippen molar-refractivity contribution >= 4 is 16.7 Å². The quantitative estimate of drug-likeness (QED) is 0.856. The molecule has 1 aromatic heterocycles. The van der Waals surface area contributed by atoms with Crippen LogP contribution in [0.1, 0.15) is 12.5 Å². The van der Waals surface area contributed by atoms with Crippen LogP contribution < -0.4 is 10.1 Å². The van der Waals surface area contributed by atoms with Gasteiger partial charge in [-0.05, 0) is 37.6 Å². The molecule has 1 aromatic carbocycles. The maximum absolute atomic E-state index is 5.33. The van der Waals surface area contributed by atoms with E-state index in [1.54, 1.807) is 7.11 Å². The molecular weight excluding hydrogens is 200 g/mol. The molecule has 1 N–H and O–H groups in total. The van der Waals surface area contributed by atoms with Crippen molar-refractivity contribution in [3.05, 3.63) is 29.8 Å². The Kier molecular flexibility index (Phi) is 2.95. The van der Waals surface area contributed by atoms with E-state index in [-0.39, 0.29) is 0 Å². The van der Waals surface area contributed by atoms with E-state index < -0.39 is 0 Å². The number of nitrogens with one attached hydrogen (secondary N) is 1. The summed E-state index contributed by atoms with van der Waals surface area (Å²) in [6.07, 6.45) is 0. The van der Waals surface area contributed by atoms with Gasteiger partial charge in [-0.1, -0.05) is 6.07 Å². The first-order valence-corrected chi connectivity index (χ1v) is 5.44. The Morgan fingerprint density at radius 1 is 1.25 bits per heavy atom. The predicted octanol–water partition coefficient (Wildman–Crippen LogP) is 2.98. The molecule has 0 bridgehead atoms. The molecule has 0 saturated heterocycles. The van der Waals surface area contributed by atoms with Gasteiger partial charge < -0.3 is 10.1 Å². The van der Waals surface area contributed by atoms with Crippen LogP contribution in [-0.4, -0.2) is 18.6 Å². The van der Waals surface area contributed by atoms with Gasteiger partial charge in [0.25, 0.3) is 0 Å². The monoisotopic (exact) mass is 216 g/mol. The summed E-state index contributed by atoms with van der Waals surface area (Å²) in [7, 11) is 1.67. The highest BCUT2D eigenvalue weighted by Crippen LogP contribution is 2.27. The lowest BCUT2D eigenvalue weighted by atomic mass is 10.1. The SMILES string of the molecule is CCNc1ccc2c(C)ccc(OC)c2n1. The first-order chi connectivity index (χ1) is 7.76. The minimum Gasteiger partial charge on any atom is -0.494 e. The second kappa shape index (κ2) is 4.39. The number of nitrogens with zero attached hydrogens (tertiary/aromatic N) is 1. The van der Waals surface area contributed by atoms with E-state index in [2.05, 4.69) is 36.3 Å². The van der Waals surface area contributed by atoms with Gasteiger partial charge in [0.05, 0.1) is 7.11 Å². The first-order valence-electron chi connectivity index (χ1n) is 5.44. The zero-order chi connectivity index (χ0) is 11.5. The van der Waals surface area contributed by atoms with E-state index in [4.69, 9.17) is 4.74 Å². The van der Waals surface area contributed by atoms with Gasteiger partial charge in [0, 0.05) is 11.9 Å². The van der Waals surface area contributed by atoms with Crippen molar-refractivity contribution < 1.29 is 4.74 Å². The number of hydrogen-bond donors (Lipinski definition) is 1. The van der Waals surface area contributed by atoms with Crippen LogP contribution in [0, 0.1) is 6.92 Å². The van der Waals surface area contributed by atoms with E-state index in [1.165, 1.54) is 5.56 Å². The van der Waals surface area contributed by atoms with Crippen molar-refractivity contribution in [2.45, 2.75) is 13.8 Å². The number of hydrogen-bond acceptors (Lipinski definition) is 3. The largest absolute Gasteiger partial charge is 0.494 e. The number of anilines is 1. The molecule has 1 heterocycles.